The monoisotopic (exact) mass is 553 g/mol. The molecule has 3 atom stereocenters. The molecule has 184 valence electrons. The van der Waals surface area contributed by atoms with E-state index < -0.39 is 0 Å². The second-order valence-electron chi connectivity index (χ2n) is 10.0. The molecular formula is C28H32BrN3O2S. The Hall–Kier alpha value is -2.38. The minimum atomic E-state index is -0.168. The van der Waals surface area contributed by atoms with Gasteiger partial charge in [-0.25, -0.2) is 4.98 Å². The third kappa shape index (κ3) is 4.98. The van der Waals surface area contributed by atoms with Crippen LogP contribution >= 0.6 is 27.3 Å². The van der Waals surface area contributed by atoms with E-state index in [9.17, 15) is 4.79 Å². The van der Waals surface area contributed by atoms with Gasteiger partial charge in [0.25, 0.3) is 5.91 Å². The smallest absolute Gasteiger partial charge is 0.274 e. The number of nitrogens with one attached hydrogen (secondary N) is 1. The van der Waals surface area contributed by atoms with Gasteiger partial charge in [0.05, 0.1) is 13.2 Å². The number of hydrogen-bond donors (Lipinski definition) is 1. The van der Waals surface area contributed by atoms with Crippen LogP contribution in [0.1, 0.15) is 72.8 Å². The maximum atomic E-state index is 13.5. The number of carbonyl (C=O) groups is 1. The lowest BCUT2D eigenvalue weighted by molar-refractivity contribution is 0.0689. The first-order valence-electron chi connectivity index (χ1n) is 12.4. The van der Waals surface area contributed by atoms with Crippen LogP contribution in [0.3, 0.4) is 0 Å². The van der Waals surface area contributed by atoms with Crippen molar-refractivity contribution in [2.75, 3.05) is 19.0 Å². The SMILES string of the molecule is CCC1CCC(C)(Nc2ccc(C3c4ccc(OC)cc4CCN3C(=O)c3csc(Br)n3)cc2)C1. The molecule has 0 radical (unpaired) electrons. The number of fused-ring (bicyclic) bond motifs is 1. The van der Waals surface area contributed by atoms with Crippen molar-refractivity contribution in [2.24, 2.45) is 5.92 Å². The molecule has 1 aliphatic heterocycles. The summed E-state index contributed by atoms with van der Waals surface area (Å²) >= 11 is 4.83. The first-order chi connectivity index (χ1) is 16.9. The topological polar surface area (TPSA) is 54.5 Å². The number of anilines is 1. The Morgan fingerprint density at radius 3 is 2.74 bits per heavy atom. The van der Waals surface area contributed by atoms with Gasteiger partial charge in [-0.2, -0.15) is 0 Å². The van der Waals surface area contributed by atoms with Gasteiger partial charge in [-0.15, -0.1) is 11.3 Å². The second kappa shape index (κ2) is 9.94. The highest BCUT2D eigenvalue weighted by atomic mass is 79.9. The highest BCUT2D eigenvalue weighted by Crippen LogP contribution is 2.40. The molecule has 35 heavy (non-hydrogen) atoms. The minimum Gasteiger partial charge on any atom is -0.497 e. The maximum Gasteiger partial charge on any atom is 0.274 e. The molecule has 0 bridgehead atoms. The van der Waals surface area contributed by atoms with Crippen LogP contribution in [0.2, 0.25) is 0 Å². The van der Waals surface area contributed by atoms with Gasteiger partial charge in [-0.3, -0.25) is 4.79 Å². The quantitative estimate of drug-likeness (QED) is 0.354. The summed E-state index contributed by atoms with van der Waals surface area (Å²) in [6.07, 6.45) is 5.76. The first kappa shape index (κ1) is 24.3. The Kier molecular flexibility index (Phi) is 6.91. The zero-order valence-electron chi connectivity index (χ0n) is 20.5. The van der Waals surface area contributed by atoms with E-state index in [0.717, 1.165) is 38.8 Å². The number of ether oxygens (including phenoxy) is 1. The van der Waals surface area contributed by atoms with Crippen LogP contribution in [0.4, 0.5) is 5.69 Å². The Morgan fingerprint density at radius 2 is 2.09 bits per heavy atom. The van der Waals surface area contributed by atoms with Crippen molar-refractivity contribution in [3.63, 3.8) is 0 Å². The molecule has 1 aliphatic carbocycles. The molecule has 0 saturated heterocycles. The fourth-order valence-corrected chi connectivity index (χ4v) is 6.71. The highest BCUT2D eigenvalue weighted by Gasteiger charge is 2.35. The number of methoxy groups -OCH3 is 1. The van der Waals surface area contributed by atoms with Gasteiger partial charge in [0.1, 0.15) is 11.4 Å². The predicted octanol–water partition coefficient (Wildman–Crippen LogP) is 7.08. The van der Waals surface area contributed by atoms with Crippen molar-refractivity contribution in [2.45, 2.75) is 57.5 Å². The van der Waals surface area contributed by atoms with Crippen molar-refractivity contribution < 1.29 is 9.53 Å². The number of halogens is 1. The third-order valence-electron chi connectivity index (χ3n) is 7.63. The summed E-state index contributed by atoms with van der Waals surface area (Å²) in [6, 6.07) is 14.7. The van der Waals surface area contributed by atoms with E-state index in [1.807, 2.05) is 16.3 Å². The van der Waals surface area contributed by atoms with Gasteiger partial charge < -0.3 is 15.0 Å². The summed E-state index contributed by atoms with van der Waals surface area (Å²) in [5.41, 5.74) is 5.25. The average molecular weight is 555 g/mol. The lowest BCUT2D eigenvalue weighted by atomic mass is 9.87. The highest BCUT2D eigenvalue weighted by molar-refractivity contribution is 9.11. The van der Waals surface area contributed by atoms with Crippen LogP contribution in [-0.4, -0.2) is 35.0 Å². The summed E-state index contributed by atoms with van der Waals surface area (Å²) in [7, 11) is 1.69. The number of thiazole rings is 1. The molecule has 1 aromatic heterocycles. The molecular weight excluding hydrogens is 522 g/mol. The fourth-order valence-electron chi connectivity index (χ4n) is 5.73. The van der Waals surface area contributed by atoms with Crippen LogP contribution in [0.15, 0.2) is 51.8 Å². The predicted molar refractivity (Wildman–Crippen MR) is 145 cm³/mol. The van der Waals surface area contributed by atoms with Gasteiger partial charge in [-0.05, 0) is 95.4 Å². The lowest BCUT2D eigenvalue weighted by Crippen LogP contribution is -2.40. The van der Waals surface area contributed by atoms with E-state index in [1.54, 1.807) is 7.11 Å². The van der Waals surface area contributed by atoms with Gasteiger partial charge in [0.2, 0.25) is 0 Å². The van der Waals surface area contributed by atoms with Crippen molar-refractivity contribution in [3.8, 4) is 5.75 Å². The van der Waals surface area contributed by atoms with Gasteiger partial charge in [0.15, 0.2) is 3.92 Å². The van der Waals surface area contributed by atoms with E-state index in [-0.39, 0.29) is 17.5 Å². The van der Waals surface area contributed by atoms with Gasteiger partial charge >= 0.3 is 0 Å². The molecule has 1 saturated carbocycles. The van der Waals surface area contributed by atoms with Crippen molar-refractivity contribution in [1.29, 1.82) is 0 Å². The second-order valence-corrected chi connectivity index (χ2v) is 12.2. The van der Waals surface area contributed by atoms with Gasteiger partial charge in [-0.1, -0.05) is 31.5 Å². The molecule has 5 rings (SSSR count). The molecule has 2 heterocycles. The lowest BCUT2D eigenvalue weighted by Gasteiger charge is -2.37. The molecule has 1 fully saturated rings. The number of carbonyl (C=O) groups excluding carboxylic acids is 1. The van der Waals surface area contributed by atoms with Crippen molar-refractivity contribution in [1.82, 2.24) is 9.88 Å². The van der Waals surface area contributed by atoms with Crippen molar-refractivity contribution >= 4 is 38.9 Å². The molecule has 3 unspecified atom stereocenters. The summed E-state index contributed by atoms with van der Waals surface area (Å²) in [6.45, 7) is 5.27. The summed E-state index contributed by atoms with van der Waals surface area (Å²) in [4.78, 5) is 19.9. The van der Waals surface area contributed by atoms with Crippen LogP contribution < -0.4 is 10.1 Å². The van der Waals surface area contributed by atoms with Crippen LogP contribution in [0.25, 0.3) is 0 Å². The molecule has 3 aromatic rings. The van der Waals surface area contributed by atoms with Crippen LogP contribution in [0, 0.1) is 5.92 Å². The number of nitrogens with zero attached hydrogens (tertiary/aromatic N) is 2. The van der Waals surface area contributed by atoms with Crippen molar-refractivity contribution in [3.05, 3.63) is 74.1 Å². The summed E-state index contributed by atoms with van der Waals surface area (Å²) < 4.78 is 6.19. The number of rotatable bonds is 6. The third-order valence-corrected chi connectivity index (χ3v) is 8.99. The first-order valence-corrected chi connectivity index (χ1v) is 14.0. The molecule has 0 spiro atoms. The molecule has 2 aliphatic rings. The number of benzene rings is 2. The van der Waals surface area contributed by atoms with Crippen LogP contribution in [0.5, 0.6) is 5.75 Å². The fraction of sp³-hybridized carbons (Fsp3) is 0.429. The zero-order valence-corrected chi connectivity index (χ0v) is 22.9. The Labute approximate surface area is 220 Å². The molecule has 7 heteroatoms. The number of aromatic nitrogens is 1. The summed E-state index contributed by atoms with van der Waals surface area (Å²) in [5, 5.41) is 5.62. The van der Waals surface area contributed by atoms with E-state index >= 15 is 0 Å². The molecule has 2 aromatic carbocycles. The zero-order chi connectivity index (χ0) is 24.6. The maximum absolute atomic E-state index is 13.5. The van der Waals surface area contributed by atoms with Crippen LogP contribution in [-0.2, 0) is 6.42 Å². The normalized spacial score (nSPS) is 23.7. The number of amides is 1. The minimum absolute atomic E-state index is 0.0373. The van der Waals surface area contributed by atoms with E-state index in [0.29, 0.717) is 12.2 Å². The van der Waals surface area contributed by atoms with Gasteiger partial charge in [0, 0.05) is 23.2 Å². The largest absolute Gasteiger partial charge is 0.497 e. The van der Waals surface area contributed by atoms with E-state index in [1.165, 1.54) is 42.6 Å². The Bertz CT molecular complexity index is 1210. The summed E-state index contributed by atoms with van der Waals surface area (Å²) in [5.74, 6) is 1.62. The molecule has 1 amide bonds. The van der Waals surface area contributed by atoms with E-state index in [4.69, 9.17) is 4.74 Å². The Morgan fingerprint density at radius 1 is 1.29 bits per heavy atom. The standard InChI is InChI=1S/C28H32BrN3O2S/c1-4-18-11-13-28(2,16-18)31-21-7-5-19(6-8-21)25-23-10-9-22(34-3)15-20(23)12-14-32(25)26(33)24-17-35-27(29)30-24/h5-10,15,17-18,25,31H,4,11-14,16H2,1-3H3. The molecule has 1 N–H and O–H groups in total. The number of hydrogen-bond acceptors (Lipinski definition) is 5. The average Bonchev–Trinajstić information content (AvgIpc) is 3.48. The molecule has 5 nitrogen and oxygen atoms in total. The Balaban J connectivity index is 1.46. The van der Waals surface area contributed by atoms with E-state index in [2.05, 4.69) is 76.5 Å².